The summed E-state index contributed by atoms with van der Waals surface area (Å²) in [6.07, 6.45) is 0. The van der Waals surface area contributed by atoms with Gasteiger partial charge in [-0.15, -0.1) is 0 Å². The first kappa shape index (κ1) is 23.5. The van der Waals surface area contributed by atoms with Gasteiger partial charge in [0.1, 0.15) is 0 Å². The summed E-state index contributed by atoms with van der Waals surface area (Å²) in [6.45, 7) is 1.23. The Balaban J connectivity index is 1.89. The predicted molar refractivity (Wildman–Crippen MR) is 117 cm³/mol. The molecule has 0 saturated heterocycles. The van der Waals surface area contributed by atoms with Gasteiger partial charge in [0.2, 0.25) is 0 Å². The number of hydrogen-bond donors (Lipinski definition) is 4. The van der Waals surface area contributed by atoms with E-state index in [0.717, 1.165) is 17.7 Å². The summed E-state index contributed by atoms with van der Waals surface area (Å²) in [4.78, 5) is 23.6. The van der Waals surface area contributed by atoms with Crippen LogP contribution in [-0.2, 0) is 19.0 Å². The number of nitrogens with one attached hydrogen (secondary N) is 2. The van der Waals surface area contributed by atoms with Crippen molar-refractivity contribution < 1.29 is 31.0 Å². The first-order chi connectivity index (χ1) is 15.2. The van der Waals surface area contributed by atoms with Crippen molar-refractivity contribution in [1.29, 1.82) is 0 Å². The van der Waals surface area contributed by atoms with E-state index in [0.29, 0.717) is 5.75 Å². The van der Waals surface area contributed by atoms with E-state index in [1.165, 1.54) is 31.9 Å². The second-order valence-corrected chi connectivity index (χ2v) is 11.1. The molecule has 1 amide bonds. The Morgan fingerprint density at radius 2 is 1.94 bits per heavy atom. The minimum atomic E-state index is -5.30. The molecule has 12 heteroatoms. The third-order valence-corrected chi connectivity index (χ3v) is 8.04. The first-order valence-electron chi connectivity index (χ1n) is 9.18. The number of rotatable bonds is 8. The number of esters is 1. The van der Waals surface area contributed by atoms with E-state index in [9.17, 15) is 22.5 Å². The van der Waals surface area contributed by atoms with Crippen molar-refractivity contribution in [3.63, 3.8) is 0 Å². The van der Waals surface area contributed by atoms with Crippen LogP contribution in [0.25, 0.3) is 0 Å². The van der Waals surface area contributed by atoms with Gasteiger partial charge in [-0.1, -0.05) is 0 Å². The fraction of sp³-hybridized carbons (Fsp3) is 0.150. The molecule has 4 N–H and O–H groups in total. The van der Waals surface area contributed by atoms with Crippen LogP contribution in [0.3, 0.4) is 0 Å². The van der Waals surface area contributed by atoms with Gasteiger partial charge in [0, 0.05) is 0 Å². The van der Waals surface area contributed by atoms with Crippen molar-refractivity contribution in [3.05, 3.63) is 59.7 Å². The molecule has 0 aliphatic heterocycles. The average Bonchev–Trinajstić information content (AvgIpc) is 3.15. The molecule has 0 radical (unpaired) electrons. The van der Waals surface area contributed by atoms with Crippen LogP contribution >= 0.6 is 11.8 Å². The number of carbonyl (C=O) groups excluding carboxylic acids is 2. The third-order valence-electron chi connectivity index (χ3n) is 4.14. The second-order valence-electron chi connectivity index (χ2n) is 6.49. The number of anilines is 1. The summed E-state index contributed by atoms with van der Waals surface area (Å²) in [5, 5.41) is 19.0. The van der Waals surface area contributed by atoms with Gasteiger partial charge in [-0.3, -0.25) is 0 Å². The van der Waals surface area contributed by atoms with Crippen LogP contribution in [0.1, 0.15) is 22.8 Å². The summed E-state index contributed by atoms with van der Waals surface area (Å²) in [5.41, 5.74) is 0.835. The van der Waals surface area contributed by atoms with Gasteiger partial charge >= 0.3 is 190 Å². The number of hydrogen-bond acceptors (Lipinski definition) is 8. The predicted octanol–water partition coefficient (Wildman–Crippen LogP) is 1.80. The van der Waals surface area contributed by atoms with Gasteiger partial charge < -0.3 is 0 Å². The minimum absolute atomic E-state index is 0.0498. The quantitative estimate of drug-likeness (QED) is 0.151. The number of amides is 1. The van der Waals surface area contributed by atoms with E-state index in [-0.39, 0.29) is 32.3 Å². The molecule has 0 bridgehead atoms. The topological polar surface area (TPSA) is 151 Å². The molecule has 0 saturated carbocycles. The third kappa shape index (κ3) is 5.56. The number of carbonyl (C=O) groups is 2. The molecule has 3 aromatic rings. The van der Waals surface area contributed by atoms with Gasteiger partial charge in [0.25, 0.3) is 0 Å². The summed E-state index contributed by atoms with van der Waals surface area (Å²) in [5.74, 6) is -1.36. The van der Waals surface area contributed by atoms with Gasteiger partial charge in [-0.25, -0.2) is 0 Å². The van der Waals surface area contributed by atoms with Crippen LogP contribution in [0.5, 0.6) is 11.6 Å². The van der Waals surface area contributed by atoms with Crippen molar-refractivity contribution in [3.8, 4) is 11.6 Å². The molecular formula is C20H20AsN3O7S. The Hall–Kier alpha value is -3.14. The van der Waals surface area contributed by atoms with Crippen LogP contribution in [0, 0.1) is 0 Å². The van der Waals surface area contributed by atoms with E-state index in [4.69, 9.17) is 8.46 Å². The number of nitrogens with zero attached hydrogens (tertiary/aromatic N) is 1. The van der Waals surface area contributed by atoms with Gasteiger partial charge in [-0.05, 0) is 0 Å². The van der Waals surface area contributed by atoms with Gasteiger partial charge in [-0.2, -0.15) is 0 Å². The fourth-order valence-corrected chi connectivity index (χ4v) is 5.76. The number of benzene rings is 2. The van der Waals surface area contributed by atoms with E-state index in [2.05, 4.69) is 15.5 Å². The number of phenolic OH excluding ortho intramolecular Hbond substituents is 1. The molecule has 1 unspecified atom stereocenters. The molecule has 1 heterocycles. The Kier molecular flexibility index (Phi) is 7.34. The summed E-state index contributed by atoms with van der Waals surface area (Å²) in [7, 11) is 1.17. The first-order valence-corrected chi connectivity index (χ1v) is 13.5. The van der Waals surface area contributed by atoms with E-state index in [1.807, 2.05) is 30.3 Å². The molecule has 0 spiro atoms. The zero-order chi connectivity index (χ0) is 23.3. The maximum atomic E-state index is 13.0. The summed E-state index contributed by atoms with van der Waals surface area (Å²) < 4.78 is 33.5. The summed E-state index contributed by atoms with van der Waals surface area (Å²) in [6, 6.07) is 13.0. The van der Waals surface area contributed by atoms with Crippen LogP contribution in [0.4, 0.5) is 5.69 Å². The number of methoxy groups -OCH3 is 1. The standard InChI is InChI=1S/C20H20AsN3O7S/c1-12(25)22-15-10-14(8-9-16(15)26)21(28,29)31-18-17(20(27)30-2)19(24-23-18)32-11-13-6-4-3-5-7-13/h3-10,26H,11H2,1-2H3,(H,22,25)(H,23,24)(H,28,29). The molecular weight excluding hydrogens is 501 g/mol. The Labute approximate surface area is 190 Å². The van der Waals surface area contributed by atoms with Crippen molar-refractivity contribution in [2.75, 3.05) is 12.4 Å². The molecule has 0 fully saturated rings. The normalized spacial score (nSPS) is 12.6. The van der Waals surface area contributed by atoms with E-state index < -0.39 is 26.0 Å². The number of H-pyrrole nitrogens is 1. The number of aromatic nitrogens is 2. The van der Waals surface area contributed by atoms with Crippen molar-refractivity contribution in [2.45, 2.75) is 17.7 Å². The molecule has 1 atom stereocenters. The zero-order valence-corrected chi connectivity index (χ0v) is 19.8. The summed E-state index contributed by atoms with van der Waals surface area (Å²) >= 11 is -4.07. The van der Waals surface area contributed by atoms with Crippen LogP contribution in [0.15, 0.2) is 53.6 Å². The van der Waals surface area contributed by atoms with E-state index in [1.54, 1.807) is 0 Å². The van der Waals surface area contributed by atoms with Crippen LogP contribution in [0.2, 0.25) is 0 Å². The molecule has 3 rings (SSSR count). The molecule has 10 nitrogen and oxygen atoms in total. The molecule has 168 valence electrons. The average molecular weight is 521 g/mol. The molecule has 0 aliphatic rings. The number of aromatic hydroxyl groups is 1. The number of ether oxygens (including phenoxy) is 1. The maximum absolute atomic E-state index is 13.0. The van der Waals surface area contributed by atoms with E-state index >= 15 is 0 Å². The SMILES string of the molecule is COC(=O)c1c(SCc2ccccc2)n[nH]c1O[As](=O)(O)c1ccc(O)c(NC(C)=O)c1. The van der Waals surface area contributed by atoms with Crippen LogP contribution < -0.4 is 13.4 Å². The molecule has 1 aromatic heterocycles. The van der Waals surface area contributed by atoms with Crippen LogP contribution in [-0.4, -0.2) is 52.6 Å². The second kappa shape index (κ2) is 9.99. The Morgan fingerprint density at radius 1 is 1.22 bits per heavy atom. The number of phenols is 1. The number of aromatic amines is 1. The molecule has 2 aromatic carbocycles. The number of thioether (sulfide) groups is 1. The van der Waals surface area contributed by atoms with Crippen molar-refractivity contribution >= 4 is 47.8 Å². The Bertz CT molecular complexity index is 1180. The van der Waals surface area contributed by atoms with Gasteiger partial charge in [0.05, 0.1) is 0 Å². The zero-order valence-electron chi connectivity index (χ0n) is 17.1. The molecule has 32 heavy (non-hydrogen) atoms. The van der Waals surface area contributed by atoms with Crippen molar-refractivity contribution in [1.82, 2.24) is 10.2 Å². The fourth-order valence-electron chi connectivity index (χ4n) is 2.65. The Morgan fingerprint density at radius 3 is 2.59 bits per heavy atom. The molecule has 0 aliphatic carbocycles. The van der Waals surface area contributed by atoms with Crippen molar-refractivity contribution in [2.24, 2.45) is 0 Å². The van der Waals surface area contributed by atoms with Gasteiger partial charge in [0.15, 0.2) is 0 Å². The monoisotopic (exact) mass is 521 g/mol.